The van der Waals surface area contributed by atoms with Gasteiger partial charge in [0.25, 0.3) is 5.69 Å². The SMILES string of the molecule is CCOc1cc(/C=N/NC(=O)Cc2ccccc2[N+](=O)[O-])cc(Br)c1OCc1ccccc1C#N. The summed E-state index contributed by atoms with van der Waals surface area (Å²) in [5.41, 5.74) is 4.45. The molecule has 1 N–H and O–H groups in total. The van der Waals surface area contributed by atoms with E-state index in [0.717, 1.165) is 5.56 Å². The topological polar surface area (TPSA) is 127 Å². The molecule has 0 unspecified atom stereocenters. The molecule has 0 atom stereocenters. The molecule has 3 rings (SSSR count). The fourth-order valence-corrected chi connectivity index (χ4v) is 3.77. The van der Waals surface area contributed by atoms with Crippen LogP contribution in [0.15, 0.2) is 70.2 Å². The number of ether oxygens (including phenoxy) is 2. The molecule has 0 aliphatic rings. The molecule has 10 heteroatoms. The molecule has 0 heterocycles. The van der Waals surface area contributed by atoms with Gasteiger partial charge in [-0.15, -0.1) is 0 Å². The number of carbonyl (C=O) groups is 1. The molecule has 0 radical (unpaired) electrons. The largest absolute Gasteiger partial charge is 0.490 e. The van der Waals surface area contributed by atoms with Crippen LogP contribution in [0.1, 0.15) is 29.2 Å². The number of nitro benzene ring substituents is 1. The molecule has 0 fully saturated rings. The number of nitriles is 1. The molecular formula is C25H21BrN4O5. The number of nitro groups is 1. The van der Waals surface area contributed by atoms with Crippen LogP contribution in [0.4, 0.5) is 5.69 Å². The Labute approximate surface area is 210 Å². The molecule has 35 heavy (non-hydrogen) atoms. The molecule has 9 nitrogen and oxygen atoms in total. The van der Waals surface area contributed by atoms with Crippen LogP contribution in [0, 0.1) is 21.4 Å². The van der Waals surface area contributed by atoms with E-state index in [9.17, 15) is 20.2 Å². The zero-order chi connectivity index (χ0) is 25.2. The second-order valence-corrected chi connectivity index (χ2v) is 8.03. The third kappa shape index (κ3) is 6.88. The van der Waals surface area contributed by atoms with Crippen LogP contribution >= 0.6 is 15.9 Å². The molecule has 178 valence electrons. The van der Waals surface area contributed by atoms with E-state index in [2.05, 4.69) is 32.5 Å². The second-order valence-electron chi connectivity index (χ2n) is 7.18. The molecular weight excluding hydrogens is 516 g/mol. The number of rotatable bonds is 10. The first-order valence-corrected chi connectivity index (χ1v) is 11.3. The Morgan fingerprint density at radius 2 is 1.89 bits per heavy atom. The number of nitrogens with zero attached hydrogens (tertiary/aromatic N) is 3. The standard InChI is InChI=1S/C25H21BrN4O5/c1-2-34-23-12-17(11-21(26)25(23)35-16-20-9-4-3-8-19(20)14-27)15-28-29-24(31)13-18-7-5-6-10-22(18)30(32)33/h3-12,15H,2,13,16H2,1H3,(H,29,31)/b28-15+. The fraction of sp³-hybridized carbons (Fsp3) is 0.160. The first-order valence-electron chi connectivity index (χ1n) is 10.5. The summed E-state index contributed by atoms with van der Waals surface area (Å²) in [6.07, 6.45) is 1.25. The van der Waals surface area contributed by atoms with Gasteiger partial charge in [-0.1, -0.05) is 36.4 Å². The molecule has 0 saturated carbocycles. The van der Waals surface area contributed by atoms with E-state index >= 15 is 0 Å². The normalized spacial score (nSPS) is 10.5. The van der Waals surface area contributed by atoms with Crippen molar-refractivity contribution >= 4 is 33.7 Å². The Morgan fingerprint density at radius 1 is 1.17 bits per heavy atom. The fourth-order valence-electron chi connectivity index (χ4n) is 3.20. The lowest BCUT2D eigenvalue weighted by molar-refractivity contribution is -0.385. The van der Waals surface area contributed by atoms with Crippen molar-refractivity contribution in [3.8, 4) is 17.6 Å². The zero-order valence-electron chi connectivity index (χ0n) is 18.7. The van der Waals surface area contributed by atoms with Crippen LogP contribution in [0.5, 0.6) is 11.5 Å². The number of nitrogens with one attached hydrogen (secondary N) is 1. The number of hydrogen-bond donors (Lipinski definition) is 1. The Balaban J connectivity index is 1.70. The lowest BCUT2D eigenvalue weighted by Gasteiger charge is -2.15. The summed E-state index contributed by atoms with van der Waals surface area (Å²) in [6, 6.07) is 18.8. The van der Waals surface area contributed by atoms with E-state index in [1.807, 2.05) is 19.1 Å². The zero-order valence-corrected chi connectivity index (χ0v) is 20.3. The van der Waals surface area contributed by atoms with Crippen molar-refractivity contribution in [1.29, 1.82) is 5.26 Å². The first kappa shape index (κ1) is 25.4. The van der Waals surface area contributed by atoms with Crippen molar-refractivity contribution in [1.82, 2.24) is 5.43 Å². The molecule has 0 aliphatic heterocycles. The molecule has 0 aliphatic carbocycles. The third-order valence-corrected chi connectivity index (χ3v) is 5.37. The number of amides is 1. The van der Waals surface area contributed by atoms with Gasteiger partial charge in [0.1, 0.15) is 6.61 Å². The summed E-state index contributed by atoms with van der Waals surface area (Å²) in [6.45, 7) is 2.41. The Kier molecular flexibility index (Phi) is 8.92. The van der Waals surface area contributed by atoms with Gasteiger partial charge in [-0.3, -0.25) is 14.9 Å². The van der Waals surface area contributed by atoms with Gasteiger partial charge in [-0.05, 0) is 46.6 Å². The van der Waals surface area contributed by atoms with Gasteiger partial charge in [0, 0.05) is 17.2 Å². The summed E-state index contributed by atoms with van der Waals surface area (Å²) in [5.74, 6) is 0.442. The number of para-hydroxylation sites is 1. The maximum absolute atomic E-state index is 12.2. The molecule has 1 amide bonds. The van der Waals surface area contributed by atoms with Crippen LogP contribution in [0.2, 0.25) is 0 Å². The number of hydrazone groups is 1. The average Bonchev–Trinajstić information content (AvgIpc) is 2.84. The maximum atomic E-state index is 12.2. The average molecular weight is 537 g/mol. The van der Waals surface area contributed by atoms with Crippen molar-refractivity contribution in [2.24, 2.45) is 5.10 Å². The van der Waals surface area contributed by atoms with E-state index < -0.39 is 10.8 Å². The van der Waals surface area contributed by atoms with Gasteiger partial charge in [-0.25, -0.2) is 5.43 Å². The minimum Gasteiger partial charge on any atom is -0.490 e. The predicted molar refractivity (Wildman–Crippen MR) is 133 cm³/mol. The minimum absolute atomic E-state index is 0.120. The van der Waals surface area contributed by atoms with E-state index in [4.69, 9.17) is 9.47 Å². The monoisotopic (exact) mass is 536 g/mol. The molecule has 3 aromatic rings. The highest BCUT2D eigenvalue weighted by molar-refractivity contribution is 9.10. The number of hydrogen-bond acceptors (Lipinski definition) is 7. The quantitative estimate of drug-likeness (QED) is 0.223. The Morgan fingerprint density at radius 3 is 2.60 bits per heavy atom. The molecule has 0 saturated heterocycles. The summed E-state index contributed by atoms with van der Waals surface area (Å²) >= 11 is 3.48. The van der Waals surface area contributed by atoms with Crippen LogP contribution < -0.4 is 14.9 Å². The highest BCUT2D eigenvalue weighted by Crippen LogP contribution is 2.37. The molecule has 0 aromatic heterocycles. The van der Waals surface area contributed by atoms with Gasteiger partial charge in [0.05, 0.1) is 40.3 Å². The molecule has 0 spiro atoms. The highest BCUT2D eigenvalue weighted by Gasteiger charge is 2.16. The van der Waals surface area contributed by atoms with E-state index in [1.165, 1.54) is 18.3 Å². The summed E-state index contributed by atoms with van der Waals surface area (Å²) < 4.78 is 12.3. The maximum Gasteiger partial charge on any atom is 0.273 e. The van der Waals surface area contributed by atoms with Gasteiger partial charge < -0.3 is 9.47 Å². The summed E-state index contributed by atoms with van der Waals surface area (Å²) in [5, 5.41) is 24.3. The van der Waals surface area contributed by atoms with Crippen LogP contribution in [-0.2, 0) is 17.8 Å². The van der Waals surface area contributed by atoms with Crippen LogP contribution in [0.25, 0.3) is 0 Å². The third-order valence-electron chi connectivity index (χ3n) is 4.78. The van der Waals surface area contributed by atoms with Crippen LogP contribution in [-0.4, -0.2) is 23.7 Å². The second kappa shape index (κ2) is 12.3. The Hall–Kier alpha value is -4.23. The summed E-state index contributed by atoms with van der Waals surface area (Å²) in [7, 11) is 0. The minimum atomic E-state index is -0.527. The van der Waals surface area contributed by atoms with Gasteiger partial charge in [0.2, 0.25) is 5.91 Å². The smallest absolute Gasteiger partial charge is 0.273 e. The van der Waals surface area contributed by atoms with Gasteiger partial charge >= 0.3 is 0 Å². The lowest BCUT2D eigenvalue weighted by atomic mass is 10.1. The summed E-state index contributed by atoms with van der Waals surface area (Å²) in [4.78, 5) is 22.8. The molecule has 3 aromatic carbocycles. The first-order chi connectivity index (χ1) is 16.9. The van der Waals surface area contributed by atoms with E-state index in [1.54, 1.807) is 36.4 Å². The van der Waals surface area contributed by atoms with Gasteiger partial charge in [0.15, 0.2) is 11.5 Å². The van der Waals surface area contributed by atoms with Crippen molar-refractivity contribution in [3.63, 3.8) is 0 Å². The highest BCUT2D eigenvalue weighted by atomic mass is 79.9. The van der Waals surface area contributed by atoms with Crippen molar-refractivity contribution < 1.29 is 19.2 Å². The van der Waals surface area contributed by atoms with E-state index in [0.29, 0.717) is 39.3 Å². The number of halogens is 1. The number of carbonyl (C=O) groups excluding carboxylic acids is 1. The van der Waals surface area contributed by atoms with Crippen molar-refractivity contribution in [2.45, 2.75) is 20.0 Å². The van der Waals surface area contributed by atoms with Crippen molar-refractivity contribution in [3.05, 3.63) is 97.5 Å². The number of benzene rings is 3. The van der Waals surface area contributed by atoms with Crippen LogP contribution in [0.3, 0.4) is 0 Å². The van der Waals surface area contributed by atoms with Crippen molar-refractivity contribution in [2.75, 3.05) is 6.61 Å². The lowest BCUT2D eigenvalue weighted by Crippen LogP contribution is -2.20. The Bertz CT molecular complexity index is 1300. The predicted octanol–water partition coefficient (Wildman–Crippen LogP) is 4.90. The van der Waals surface area contributed by atoms with Gasteiger partial charge in [-0.2, -0.15) is 10.4 Å². The van der Waals surface area contributed by atoms with E-state index in [-0.39, 0.29) is 18.7 Å². The molecule has 0 bridgehead atoms.